The minimum Gasteiger partial charge on any atom is -0.481 e. The van der Waals surface area contributed by atoms with Crippen molar-refractivity contribution >= 4 is 17.6 Å². The standard InChI is InChI=1S/C18H21NO3/c20-17(15-12-4-5-13(8-12)16(15)18(21)22)19-14-7-6-10-2-1-3-11(10)9-14/h6-7,9,12-13,15-16H,1-5,8H2,(H,19,20)(H,21,22)/t12-,13-,15-,16+/m0/s1. The van der Waals surface area contributed by atoms with Crippen LogP contribution in [-0.4, -0.2) is 17.0 Å². The van der Waals surface area contributed by atoms with Crippen LogP contribution in [0, 0.1) is 23.7 Å². The van der Waals surface area contributed by atoms with Gasteiger partial charge in [0.1, 0.15) is 0 Å². The number of carboxylic acids is 1. The Kier molecular flexibility index (Phi) is 3.21. The van der Waals surface area contributed by atoms with E-state index in [0.29, 0.717) is 0 Å². The van der Waals surface area contributed by atoms with Gasteiger partial charge in [0.15, 0.2) is 0 Å². The largest absolute Gasteiger partial charge is 0.481 e. The summed E-state index contributed by atoms with van der Waals surface area (Å²) in [5.74, 6) is -1.31. The van der Waals surface area contributed by atoms with Crippen molar-refractivity contribution in [2.75, 3.05) is 5.32 Å². The summed E-state index contributed by atoms with van der Waals surface area (Å²) in [5, 5.41) is 12.4. The fourth-order valence-electron chi connectivity index (χ4n) is 4.90. The highest BCUT2D eigenvalue weighted by molar-refractivity contribution is 5.96. The lowest BCUT2D eigenvalue weighted by molar-refractivity contribution is -0.148. The van der Waals surface area contributed by atoms with E-state index in [2.05, 4.69) is 17.4 Å². The van der Waals surface area contributed by atoms with Gasteiger partial charge in [-0.3, -0.25) is 9.59 Å². The van der Waals surface area contributed by atoms with Crippen LogP contribution in [0.3, 0.4) is 0 Å². The van der Waals surface area contributed by atoms with Gasteiger partial charge >= 0.3 is 5.97 Å². The normalized spacial score (nSPS) is 32.0. The third-order valence-electron chi connectivity index (χ3n) is 5.87. The number of carboxylic acid groups (broad SMARTS) is 1. The summed E-state index contributed by atoms with van der Waals surface area (Å²) >= 11 is 0. The number of hydrogen-bond acceptors (Lipinski definition) is 2. The van der Waals surface area contributed by atoms with Crippen molar-refractivity contribution in [3.8, 4) is 0 Å². The third kappa shape index (κ3) is 2.13. The van der Waals surface area contributed by atoms with E-state index in [1.165, 1.54) is 17.5 Å². The van der Waals surface area contributed by atoms with Crippen LogP contribution >= 0.6 is 0 Å². The van der Waals surface area contributed by atoms with Crippen LogP contribution < -0.4 is 5.32 Å². The summed E-state index contributed by atoms with van der Waals surface area (Å²) in [6, 6.07) is 6.10. The van der Waals surface area contributed by atoms with Gasteiger partial charge < -0.3 is 10.4 Å². The zero-order chi connectivity index (χ0) is 15.3. The quantitative estimate of drug-likeness (QED) is 0.902. The number of anilines is 1. The first-order chi connectivity index (χ1) is 10.6. The zero-order valence-electron chi connectivity index (χ0n) is 12.5. The Labute approximate surface area is 129 Å². The third-order valence-corrected chi connectivity index (χ3v) is 5.87. The molecule has 0 aliphatic heterocycles. The van der Waals surface area contributed by atoms with Gasteiger partial charge in [0, 0.05) is 5.69 Å². The number of carbonyl (C=O) groups is 2. The number of aryl methyl sites for hydroxylation is 2. The van der Waals surface area contributed by atoms with Gasteiger partial charge in [-0.2, -0.15) is 0 Å². The lowest BCUT2D eigenvalue weighted by Gasteiger charge is -2.27. The monoisotopic (exact) mass is 299 g/mol. The highest BCUT2D eigenvalue weighted by atomic mass is 16.4. The van der Waals surface area contributed by atoms with E-state index >= 15 is 0 Å². The number of carbonyl (C=O) groups excluding carboxylic acids is 1. The van der Waals surface area contributed by atoms with Crippen LogP contribution in [0.25, 0.3) is 0 Å². The summed E-state index contributed by atoms with van der Waals surface area (Å²) in [7, 11) is 0. The topological polar surface area (TPSA) is 66.4 Å². The second-order valence-corrected chi connectivity index (χ2v) is 7.05. The van der Waals surface area contributed by atoms with Gasteiger partial charge in [0.25, 0.3) is 0 Å². The Morgan fingerprint density at radius 2 is 1.77 bits per heavy atom. The zero-order valence-corrected chi connectivity index (χ0v) is 12.5. The van der Waals surface area contributed by atoms with E-state index in [4.69, 9.17) is 0 Å². The number of rotatable bonds is 3. The molecule has 0 saturated heterocycles. The van der Waals surface area contributed by atoms with E-state index in [0.717, 1.165) is 37.8 Å². The first kappa shape index (κ1) is 13.8. The van der Waals surface area contributed by atoms with Crippen LogP contribution in [0.2, 0.25) is 0 Å². The van der Waals surface area contributed by atoms with Gasteiger partial charge in [-0.1, -0.05) is 6.07 Å². The van der Waals surface area contributed by atoms with Crippen molar-refractivity contribution in [1.29, 1.82) is 0 Å². The highest BCUT2D eigenvalue weighted by Gasteiger charge is 2.53. The molecule has 0 heterocycles. The molecule has 116 valence electrons. The molecule has 3 aliphatic carbocycles. The van der Waals surface area contributed by atoms with Crippen molar-refractivity contribution in [3.63, 3.8) is 0 Å². The van der Waals surface area contributed by atoms with Crippen LogP contribution in [0.1, 0.15) is 36.8 Å². The highest BCUT2D eigenvalue weighted by Crippen LogP contribution is 2.52. The second kappa shape index (κ2) is 5.11. The van der Waals surface area contributed by atoms with E-state index in [1.54, 1.807) is 0 Å². The Hall–Kier alpha value is -1.84. The Morgan fingerprint density at radius 1 is 1.05 bits per heavy atom. The molecule has 2 bridgehead atoms. The van der Waals surface area contributed by atoms with E-state index in [1.807, 2.05) is 6.07 Å². The molecule has 0 aromatic heterocycles. The molecule has 1 amide bonds. The Morgan fingerprint density at radius 3 is 2.55 bits per heavy atom. The predicted molar refractivity (Wildman–Crippen MR) is 82.5 cm³/mol. The van der Waals surface area contributed by atoms with Crippen molar-refractivity contribution < 1.29 is 14.7 Å². The van der Waals surface area contributed by atoms with Crippen molar-refractivity contribution in [1.82, 2.24) is 0 Å². The summed E-state index contributed by atoms with van der Waals surface area (Å²) < 4.78 is 0. The van der Waals surface area contributed by atoms with Gasteiger partial charge in [0.05, 0.1) is 11.8 Å². The molecule has 2 N–H and O–H groups in total. The maximum Gasteiger partial charge on any atom is 0.307 e. The van der Waals surface area contributed by atoms with Gasteiger partial charge in [-0.25, -0.2) is 0 Å². The number of hydrogen-bond donors (Lipinski definition) is 2. The van der Waals surface area contributed by atoms with Crippen LogP contribution in [0.4, 0.5) is 5.69 Å². The minimum absolute atomic E-state index is 0.0995. The first-order valence-electron chi connectivity index (χ1n) is 8.29. The lowest BCUT2D eigenvalue weighted by Crippen LogP contribution is -2.37. The molecule has 0 radical (unpaired) electrons. The molecule has 1 aromatic rings. The summed E-state index contributed by atoms with van der Waals surface area (Å²) in [6.07, 6.45) is 6.24. The molecule has 0 spiro atoms. The number of benzene rings is 1. The van der Waals surface area contributed by atoms with Gasteiger partial charge in [-0.15, -0.1) is 0 Å². The molecule has 4 nitrogen and oxygen atoms in total. The smallest absolute Gasteiger partial charge is 0.307 e. The molecule has 0 unspecified atom stereocenters. The first-order valence-corrected chi connectivity index (χ1v) is 8.29. The average molecular weight is 299 g/mol. The molecule has 4 heteroatoms. The predicted octanol–water partition coefficient (Wildman–Crippen LogP) is 2.86. The molecular formula is C18H21NO3. The van der Waals surface area contributed by atoms with Crippen LogP contribution in [0.15, 0.2) is 18.2 Å². The summed E-state index contributed by atoms with van der Waals surface area (Å²) in [5.41, 5.74) is 3.51. The van der Waals surface area contributed by atoms with Crippen LogP contribution in [0.5, 0.6) is 0 Å². The maximum atomic E-state index is 12.6. The molecule has 4 atom stereocenters. The SMILES string of the molecule is O=C(O)[C@@H]1[C@H]2CC[C@@H](C2)[C@@H]1C(=O)Nc1ccc2c(c1)CCC2. The van der Waals surface area contributed by atoms with Gasteiger partial charge in [0.2, 0.25) is 5.91 Å². The van der Waals surface area contributed by atoms with Crippen molar-refractivity contribution in [2.24, 2.45) is 23.7 Å². The molecule has 2 fully saturated rings. The minimum atomic E-state index is -0.804. The molecule has 3 aliphatic rings. The number of amides is 1. The maximum absolute atomic E-state index is 12.6. The summed E-state index contributed by atoms with van der Waals surface area (Å²) in [4.78, 5) is 24.2. The average Bonchev–Trinajstić information content (AvgIpc) is 3.20. The van der Waals surface area contributed by atoms with E-state index < -0.39 is 11.9 Å². The fraction of sp³-hybridized carbons (Fsp3) is 0.556. The van der Waals surface area contributed by atoms with Crippen LogP contribution in [-0.2, 0) is 22.4 Å². The Balaban J connectivity index is 1.53. The van der Waals surface area contributed by atoms with E-state index in [9.17, 15) is 14.7 Å². The summed E-state index contributed by atoms with van der Waals surface area (Å²) in [6.45, 7) is 0. The fourth-order valence-corrected chi connectivity index (χ4v) is 4.90. The van der Waals surface area contributed by atoms with Crippen molar-refractivity contribution in [2.45, 2.75) is 38.5 Å². The molecule has 1 aromatic carbocycles. The molecule has 4 rings (SSSR count). The second-order valence-electron chi connectivity index (χ2n) is 7.05. The molecular weight excluding hydrogens is 278 g/mol. The number of nitrogens with one attached hydrogen (secondary N) is 1. The Bertz CT molecular complexity index is 639. The number of fused-ring (bicyclic) bond motifs is 3. The van der Waals surface area contributed by atoms with Gasteiger partial charge in [-0.05, 0) is 73.6 Å². The number of aliphatic carboxylic acids is 1. The molecule has 2 saturated carbocycles. The lowest BCUT2D eigenvalue weighted by atomic mass is 9.78. The van der Waals surface area contributed by atoms with Crippen molar-refractivity contribution in [3.05, 3.63) is 29.3 Å². The van der Waals surface area contributed by atoms with E-state index in [-0.39, 0.29) is 23.7 Å². The molecule has 22 heavy (non-hydrogen) atoms.